The number of rotatable bonds is 6. The largest absolute Gasteiger partial charge is 0.447 e. The average molecular weight is 449 g/mol. The van der Waals surface area contributed by atoms with Crippen LogP contribution in [0.1, 0.15) is 18.6 Å². The molecule has 0 amide bonds. The first-order valence-electron chi connectivity index (χ1n) is 10.0. The van der Waals surface area contributed by atoms with E-state index in [2.05, 4.69) is 4.90 Å². The molecule has 0 aliphatic carbocycles. The maximum absolute atomic E-state index is 12.7. The van der Waals surface area contributed by atoms with Gasteiger partial charge in [-0.1, -0.05) is 0 Å². The van der Waals surface area contributed by atoms with Gasteiger partial charge < -0.3 is 9.15 Å². The molecule has 4 rings (SSSR count). The Morgan fingerprint density at radius 2 is 1.38 bits per heavy atom. The van der Waals surface area contributed by atoms with E-state index in [-0.39, 0.29) is 5.09 Å². The van der Waals surface area contributed by atoms with E-state index in [1.807, 2.05) is 0 Å². The van der Waals surface area contributed by atoms with E-state index in [0.29, 0.717) is 77.9 Å². The Morgan fingerprint density at radius 1 is 0.759 bits per heavy atom. The monoisotopic (exact) mass is 448 g/mol. The van der Waals surface area contributed by atoms with Crippen LogP contribution in [0.3, 0.4) is 0 Å². The van der Waals surface area contributed by atoms with Gasteiger partial charge in [0.1, 0.15) is 5.76 Å². The molecule has 0 spiro atoms. The van der Waals surface area contributed by atoms with Crippen molar-refractivity contribution in [3.63, 3.8) is 0 Å². The van der Waals surface area contributed by atoms with Gasteiger partial charge in [-0.15, -0.1) is 0 Å². The molecule has 1 aromatic heterocycles. The molecule has 0 unspecified atom stereocenters. The Bertz CT molecular complexity index is 896. The van der Waals surface area contributed by atoms with Gasteiger partial charge in [-0.05, 0) is 25.0 Å². The van der Waals surface area contributed by atoms with E-state index in [4.69, 9.17) is 9.15 Å². The smallest absolute Gasteiger partial charge is 0.282 e. The molecule has 0 radical (unpaired) electrons. The van der Waals surface area contributed by atoms with Crippen LogP contribution in [0.15, 0.2) is 21.6 Å². The zero-order valence-corrected chi connectivity index (χ0v) is 18.0. The maximum Gasteiger partial charge on any atom is 0.282 e. The Labute approximate surface area is 172 Å². The summed E-state index contributed by atoms with van der Waals surface area (Å²) in [5.41, 5.74) is 0. The quantitative estimate of drug-likeness (QED) is 0.592. The molecule has 4 heterocycles. The Morgan fingerprint density at radius 3 is 2.03 bits per heavy atom. The van der Waals surface area contributed by atoms with E-state index in [1.54, 1.807) is 6.07 Å². The number of sulfonamides is 1. The van der Waals surface area contributed by atoms with E-state index in [0.717, 1.165) is 12.8 Å². The van der Waals surface area contributed by atoms with Crippen LogP contribution in [0.4, 0.5) is 0 Å². The second kappa shape index (κ2) is 8.61. The van der Waals surface area contributed by atoms with Crippen LogP contribution in [0.2, 0.25) is 0 Å². The summed E-state index contributed by atoms with van der Waals surface area (Å²) in [4.78, 5) is 2.08. The first kappa shape index (κ1) is 21.2. The summed E-state index contributed by atoms with van der Waals surface area (Å²) in [6.45, 7) is 5.12. The van der Waals surface area contributed by atoms with Gasteiger partial charge in [-0.2, -0.15) is 21.3 Å². The fraction of sp³-hybridized carbons (Fsp3) is 0.765. The number of nitrogens with zero attached hydrogens (tertiary/aromatic N) is 4. The van der Waals surface area contributed by atoms with Gasteiger partial charge in [0.25, 0.3) is 20.2 Å². The van der Waals surface area contributed by atoms with Gasteiger partial charge in [0.15, 0.2) is 0 Å². The van der Waals surface area contributed by atoms with Gasteiger partial charge in [-0.25, -0.2) is 8.42 Å². The fourth-order valence-electron chi connectivity index (χ4n) is 3.92. The minimum Gasteiger partial charge on any atom is -0.447 e. The Balaban J connectivity index is 1.33. The van der Waals surface area contributed by atoms with Crippen LogP contribution in [0, 0.1) is 0 Å². The number of hydrogen-bond donors (Lipinski definition) is 0. The zero-order chi connectivity index (χ0) is 20.5. The molecule has 164 valence electrons. The Hall–Kier alpha value is -1.02. The fourth-order valence-corrected chi connectivity index (χ4v) is 6.92. The highest BCUT2D eigenvalue weighted by Gasteiger charge is 2.34. The van der Waals surface area contributed by atoms with Crippen molar-refractivity contribution >= 4 is 20.2 Å². The number of ether oxygens (including phenoxy) is 1. The predicted molar refractivity (Wildman–Crippen MR) is 105 cm³/mol. The van der Waals surface area contributed by atoms with Crippen molar-refractivity contribution in [2.24, 2.45) is 0 Å². The topological polar surface area (TPSA) is 104 Å². The van der Waals surface area contributed by atoms with Crippen LogP contribution in [-0.4, -0.2) is 100 Å². The average Bonchev–Trinajstić information content (AvgIpc) is 3.42. The highest BCUT2D eigenvalue weighted by Crippen LogP contribution is 2.24. The molecule has 0 bridgehead atoms. The number of hydrogen-bond acceptors (Lipinski definition) is 7. The summed E-state index contributed by atoms with van der Waals surface area (Å²) in [6.07, 6.45) is 1.76. The molecule has 3 saturated heterocycles. The number of morpholine rings is 1. The standard InChI is InChI=1S/C17H28N4O6S2/c22-28(23,19-5-1-2-6-19)17-4-3-16(27-17)15-18-7-9-20(10-8-18)29(24,25)21-11-13-26-14-12-21/h3-4H,1-2,5-15H2. The van der Waals surface area contributed by atoms with Gasteiger partial charge in [0.05, 0.1) is 19.8 Å². The third-order valence-corrected chi connectivity index (χ3v) is 9.44. The summed E-state index contributed by atoms with van der Waals surface area (Å²) in [6, 6.07) is 3.21. The van der Waals surface area contributed by atoms with Gasteiger partial charge in [-0.3, -0.25) is 4.90 Å². The van der Waals surface area contributed by atoms with Crippen LogP contribution < -0.4 is 0 Å². The first-order chi connectivity index (χ1) is 13.9. The molecular formula is C17H28N4O6S2. The summed E-state index contributed by atoms with van der Waals surface area (Å²) >= 11 is 0. The van der Waals surface area contributed by atoms with Gasteiger partial charge >= 0.3 is 0 Å². The number of furan rings is 1. The second-order valence-corrected chi connectivity index (χ2v) is 11.3. The van der Waals surface area contributed by atoms with Crippen LogP contribution >= 0.6 is 0 Å². The summed E-state index contributed by atoms with van der Waals surface area (Å²) in [5, 5.41) is -0.0112. The molecule has 0 N–H and O–H groups in total. The third kappa shape index (κ3) is 4.53. The predicted octanol–water partition coefficient (Wildman–Crippen LogP) is -0.241. The minimum absolute atomic E-state index is 0.0112. The van der Waals surface area contributed by atoms with E-state index >= 15 is 0 Å². The second-order valence-electron chi connectivity index (χ2n) is 7.53. The molecule has 0 saturated carbocycles. The minimum atomic E-state index is -3.55. The highest BCUT2D eigenvalue weighted by molar-refractivity contribution is 7.89. The lowest BCUT2D eigenvalue weighted by atomic mass is 10.3. The van der Waals surface area contributed by atoms with E-state index in [1.165, 1.54) is 19.0 Å². The van der Waals surface area contributed by atoms with Crippen molar-refractivity contribution in [2.75, 3.05) is 65.6 Å². The SMILES string of the molecule is O=S(=O)(c1ccc(CN2CCN(S(=O)(=O)N3CCOCC3)CC2)o1)N1CCCC1. The lowest BCUT2D eigenvalue weighted by Gasteiger charge is -2.37. The highest BCUT2D eigenvalue weighted by atomic mass is 32.2. The molecular weight excluding hydrogens is 420 g/mol. The molecule has 0 aromatic carbocycles. The molecule has 10 nitrogen and oxygen atoms in total. The third-order valence-electron chi connectivity index (χ3n) is 5.63. The zero-order valence-electron chi connectivity index (χ0n) is 16.4. The molecule has 3 aliphatic heterocycles. The summed E-state index contributed by atoms with van der Waals surface area (Å²) in [5.74, 6) is 0.576. The van der Waals surface area contributed by atoms with E-state index < -0.39 is 20.2 Å². The summed E-state index contributed by atoms with van der Waals surface area (Å²) in [7, 11) is -7.01. The van der Waals surface area contributed by atoms with Crippen molar-refractivity contribution in [3.05, 3.63) is 17.9 Å². The normalized spacial score (nSPS) is 24.3. The first-order valence-corrected chi connectivity index (χ1v) is 12.9. The Kier molecular flexibility index (Phi) is 6.30. The molecule has 29 heavy (non-hydrogen) atoms. The number of piperazine rings is 1. The van der Waals surface area contributed by atoms with E-state index in [9.17, 15) is 16.8 Å². The van der Waals surface area contributed by atoms with Crippen LogP contribution in [0.5, 0.6) is 0 Å². The van der Waals surface area contributed by atoms with Crippen molar-refractivity contribution in [1.29, 1.82) is 0 Å². The van der Waals surface area contributed by atoms with Crippen molar-refractivity contribution < 1.29 is 26.0 Å². The van der Waals surface area contributed by atoms with Gasteiger partial charge in [0.2, 0.25) is 5.09 Å². The lowest BCUT2D eigenvalue weighted by Crippen LogP contribution is -2.54. The lowest BCUT2D eigenvalue weighted by molar-refractivity contribution is 0.0682. The van der Waals surface area contributed by atoms with Crippen LogP contribution in [0.25, 0.3) is 0 Å². The summed E-state index contributed by atoms with van der Waals surface area (Å²) < 4.78 is 65.9. The molecule has 12 heteroatoms. The molecule has 3 fully saturated rings. The van der Waals surface area contributed by atoms with Crippen molar-refractivity contribution in [2.45, 2.75) is 24.5 Å². The van der Waals surface area contributed by atoms with Gasteiger partial charge in [0, 0.05) is 52.4 Å². The molecule has 1 aromatic rings. The molecule has 3 aliphatic rings. The van der Waals surface area contributed by atoms with Crippen molar-refractivity contribution in [1.82, 2.24) is 17.8 Å². The van der Waals surface area contributed by atoms with Crippen molar-refractivity contribution in [3.8, 4) is 0 Å². The maximum atomic E-state index is 12.7. The molecule has 0 atom stereocenters. The van der Waals surface area contributed by atoms with Crippen LogP contribution in [-0.2, 0) is 31.5 Å².